The summed E-state index contributed by atoms with van der Waals surface area (Å²) >= 11 is 10.8. The molecule has 0 fully saturated rings. The molecule has 1 atom stereocenters. The summed E-state index contributed by atoms with van der Waals surface area (Å²) in [5.41, 5.74) is 2.77. The minimum atomic E-state index is -0.815. The third-order valence-electron chi connectivity index (χ3n) is 6.86. The van der Waals surface area contributed by atoms with Gasteiger partial charge in [0.15, 0.2) is 16.3 Å². The molecule has 1 aromatic heterocycles. The Kier molecular flexibility index (Phi) is 9.62. The topological polar surface area (TPSA) is 88.4 Å². The maximum Gasteiger partial charge on any atom is 0.338 e. The van der Waals surface area contributed by atoms with Gasteiger partial charge in [-0.05, 0) is 80.4 Å². The molecule has 0 saturated heterocycles. The van der Waals surface area contributed by atoms with Gasteiger partial charge in [-0.15, -0.1) is 0 Å². The van der Waals surface area contributed by atoms with Crippen molar-refractivity contribution in [1.29, 1.82) is 0 Å². The van der Waals surface area contributed by atoms with Gasteiger partial charge < -0.3 is 18.9 Å². The van der Waals surface area contributed by atoms with Crippen LogP contribution in [0.2, 0.25) is 5.02 Å². The van der Waals surface area contributed by atoms with Crippen LogP contribution < -0.4 is 29.1 Å². The van der Waals surface area contributed by atoms with Gasteiger partial charge in [0.25, 0.3) is 5.56 Å². The Morgan fingerprint density at radius 1 is 1.05 bits per heavy atom. The van der Waals surface area contributed by atoms with E-state index in [1.165, 1.54) is 15.9 Å². The molecule has 0 radical (unpaired) electrons. The maximum atomic E-state index is 14.1. The molecule has 0 saturated carbocycles. The fourth-order valence-corrected chi connectivity index (χ4v) is 6.41. The van der Waals surface area contributed by atoms with Crippen molar-refractivity contribution in [1.82, 2.24) is 4.57 Å². The Hall–Kier alpha value is -3.86. The summed E-state index contributed by atoms with van der Waals surface area (Å²) in [6.07, 6.45) is 1.42. The lowest BCUT2D eigenvalue weighted by atomic mass is 9.95. The summed E-state index contributed by atoms with van der Waals surface area (Å²) in [7, 11) is 3.11. The van der Waals surface area contributed by atoms with Crippen LogP contribution in [-0.4, -0.2) is 30.9 Å². The van der Waals surface area contributed by atoms with E-state index in [0.29, 0.717) is 49.5 Å². The van der Waals surface area contributed by atoms with Crippen LogP contribution in [0.4, 0.5) is 0 Å². The highest BCUT2D eigenvalue weighted by molar-refractivity contribution is 9.10. The van der Waals surface area contributed by atoms with Gasteiger partial charge >= 0.3 is 5.97 Å². The fourth-order valence-electron chi connectivity index (χ4n) is 4.86. The Bertz CT molecular complexity index is 1930. The average Bonchev–Trinajstić information content (AvgIpc) is 3.29. The van der Waals surface area contributed by atoms with Crippen LogP contribution in [0, 0.1) is 0 Å². The van der Waals surface area contributed by atoms with Crippen molar-refractivity contribution in [2.45, 2.75) is 39.5 Å². The molecule has 4 aromatic rings. The van der Waals surface area contributed by atoms with Crippen LogP contribution in [0.5, 0.6) is 17.2 Å². The lowest BCUT2D eigenvalue weighted by Crippen LogP contribution is -2.40. The van der Waals surface area contributed by atoms with Crippen molar-refractivity contribution >= 4 is 50.9 Å². The van der Waals surface area contributed by atoms with E-state index in [1.54, 1.807) is 59.3 Å². The number of hydrogen-bond donors (Lipinski definition) is 0. The SMILES string of the molecule is COc1cc(/C=c2\sc3n(c2=O)[C@@H](c2cc(Br)ccc2OC)C(C(=O)OC(C)C)=C(C)N=3)ccc1OCc1ccc(Cl)cc1. The lowest BCUT2D eigenvalue weighted by molar-refractivity contribution is -0.143. The highest BCUT2D eigenvalue weighted by Crippen LogP contribution is 2.37. The molecule has 44 heavy (non-hydrogen) atoms. The minimum absolute atomic E-state index is 0.276. The molecule has 0 amide bonds. The Balaban J connectivity index is 1.58. The zero-order valence-corrected chi connectivity index (χ0v) is 27.9. The molecule has 0 bridgehead atoms. The number of nitrogens with zero attached hydrogens (tertiary/aromatic N) is 2. The number of fused-ring (bicyclic) bond motifs is 1. The number of ether oxygens (including phenoxy) is 4. The number of halogens is 2. The van der Waals surface area contributed by atoms with Gasteiger partial charge in [-0.1, -0.05) is 57.1 Å². The van der Waals surface area contributed by atoms with Crippen molar-refractivity contribution in [3.63, 3.8) is 0 Å². The molecular weight excluding hydrogens is 668 g/mol. The van der Waals surface area contributed by atoms with Crippen molar-refractivity contribution in [3.8, 4) is 17.2 Å². The molecule has 3 aromatic carbocycles. The summed E-state index contributed by atoms with van der Waals surface area (Å²) in [5, 5.41) is 0.657. The van der Waals surface area contributed by atoms with E-state index in [4.69, 9.17) is 30.5 Å². The second kappa shape index (κ2) is 13.4. The van der Waals surface area contributed by atoms with Gasteiger partial charge in [0, 0.05) is 15.1 Å². The zero-order chi connectivity index (χ0) is 31.5. The largest absolute Gasteiger partial charge is 0.496 e. The first-order valence-corrected chi connectivity index (χ1v) is 15.7. The predicted octanol–water partition coefficient (Wildman–Crippen LogP) is 6.20. The second-order valence-corrected chi connectivity index (χ2v) is 12.6. The molecule has 228 valence electrons. The van der Waals surface area contributed by atoms with E-state index < -0.39 is 12.0 Å². The summed E-state index contributed by atoms with van der Waals surface area (Å²) in [5.74, 6) is 1.07. The van der Waals surface area contributed by atoms with Crippen molar-refractivity contribution in [2.75, 3.05) is 14.2 Å². The van der Waals surface area contributed by atoms with E-state index in [-0.39, 0.29) is 17.2 Å². The Labute approximate surface area is 272 Å². The smallest absolute Gasteiger partial charge is 0.338 e. The van der Waals surface area contributed by atoms with Gasteiger partial charge in [0.1, 0.15) is 18.4 Å². The molecule has 8 nitrogen and oxygen atoms in total. The van der Waals surface area contributed by atoms with Gasteiger partial charge in [-0.3, -0.25) is 9.36 Å². The summed E-state index contributed by atoms with van der Waals surface area (Å²) in [4.78, 5) is 32.6. The standard InChI is InChI=1S/C33H30BrClN2O6S/c1-18(2)43-32(39)29-19(3)36-33-37(30(29)24-16-22(34)9-13-25(24)40-4)31(38)28(44-33)15-21-8-12-26(27(14-21)41-5)42-17-20-6-10-23(35)11-7-20/h6-16,18,30H,17H2,1-5H3/b28-15-/t30-/m0/s1. The number of esters is 1. The van der Waals surface area contributed by atoms with Crippen LogP contribution in [0.25, 0.3) is 6.08 Å². The number of thiazole rings is 1. The summed E-state index contributed by atoms with van der Waals surface area (Å²) < 4.78 is 25.6. The third kappa shape index (κ3) is 6.62. The van der Waals surface area contributed by atoms with Gasteiger partial charge in [0.2, 0.25) is 0 Å². The second-order valence-electron chi connectivity index (χ2n) is 10.2. The first-order chi connectivity index (χ1) is 21.1. The Morgan fingerprint density at radius 3 is 2.43 bits per heavy atom. The van der Waals surface area contributed by atoms with Gasteiger partial charge in [-0.25, -0.2) is 9.79 Å². The van der Waals surface area contributed by atoms with Crippen LogP contribution in [0.15, 0.2) is 86.2 Å². The predicted molar refractivity (Wildman–Crippen MR) is 174 cm³/mol. The van der Waals surface area contributed by atoms with Gasteiger partial charge in [0.05, 0.1) is 36.1 Å². The van der Waals surface area contributed by atoms with Crippen LogP contribution in [0.1, 0.15) is 43.5 Å². The number of carbonyl (C=O) groups is 1. The highest BCUT2D eigenvalue weighted by atomic mass is 79.9. The fraction of sp³-hybridized carbons (Fsp3) is 0.242. The first kappa shape index (κ1) is 31.6. The van der Waals surface area contributed by atoms with E-state index in [2.05, 4.69) is 20.9 Å². The van der Waals surface area contributed by atoms with Crippen LogP contribution in [-0.2, 0) is 16.1 Å². The molecule has 2 heterocycles. The normalized spacial score (nSPS) is 14.7. The summed E-state index contributed by atoms with van der Waals surface area (Å²) in [6, 6.07) is 17.5. The lowest BCUT2D eigenvalue weighted by Gasteiger charge is -2.26. The number of carbonyl (C=O) groups excluding carboxylic acids is 1. The maximum absolute atomic E-state index is 14.1. The Morgan fingerprint density at radius 2 is 1.75 bits per heavy atom. The van der Waals surface area contributed by atoms with Crippen molar-refractivity contribution < 1.29 is 23.7 Å². The van der Waals surface area contributed by atoms with Crippen LogP contribution >= 0.6 is 38.9 Å². The van der Waals surface area contributed by atoms with Crippen molar-refractivity contribution in [3.05, 3.63) is 118 Å². The van der Waals surface area contributed by atoms with Crippen molar-refractivity contribution in [2.24, 2.45) is 4.99 Å². The van der Waals surface area contributed by atoms with Crippen LogP contribution in [0.3, 0.4) is 0 Å². The molecule has 1 aliphatic rings. The number of hydrogen-bond acceptors (Lipinski definition) is 8. The molecular formula is C33H30BrClN2O6S. The van der Waals surface area contributed by atoms with E-state index in [9.17, 15) is 9.59 Å². The number of methoxy groups -OCH3 is 2. The molecule has 0 spiro atoms. The minimum Gasteiger partial charge on any atom is -0.496 e. The van der Waals surface area contributed by atoms with E-state index in [0.717, 1.165) is 15.6 Å². The molecule has 0 aliphatic carbocycles. The van der Waals surface area contributed by atoms with E-state index >= 15 is 0 Å². The van der Waals surface area contributed by atoms with Gasteiger partial charge in [-0.2, -0.15) is 0 Å². The molecule has 11 heteroatoms. The monoisotopic (exact) mass is 696 g/mol. The molecule has 0 N–H and O–H groups in total. The first-order valence-electron chi connectivity index (χ1n) is 13.7. The number of benzene rings is 3. The number of aromatic nitrogens is 1. The molecule has 0 unspecified atom stereocenters. The quantitative estimate of drug-likeness (QED) is 0.194. The third-order valence-corrected chi connectivity index (χ3v) is 8.59. The molecule has 5 rings (SSSR count). The average molecular weight is 698 g/mol. The number of rotatable bonds is 9. The zero-order valence-electron chi connectivity index (χ0n) is 24.7. The highest BCUT2D eigenvalue weighted by Gasteiger charge is 2.35. The summed E-state index contributed by atoms with van der Waals surface area (Å²) in [6.45, 7) is 5.64. The molecule has 1 aliphatic heterocycles. The number of allylic oxidation sites excluding steroid dienone is 1. The van der Waals surface area contributed by atoms with E-state index in [1.807, 2.05) is 42.5 Å².